The van der Waals surface area contributed by atoms with Crippen molar-refractivity contribution in [2.75, 3.05) is 20.1 Å². The van der Waals surface area contributed by atoms with E-state index in [1.165, 1.54) is 22.4 Å². The number of hydrogen-bond donors (Lipinski definition) is 1. The number of halogens is 2. The van der Waals surface area contributed by atoms with Gasteiger partial charge in [-0.1, -0.05) is 41.9 Å². The fourth-order valence-electron chi connectivity index (χ4n) is 2.93. The molecule has 0 aliphatic heterocycles. The quantitative estimate of drug-likeness (QED) is 0.655. The summed E-state index contributed by atoms with van der Waals surface area (Å²) in [6, 6.07) is 15.9. The van der Waals surface area contributed by atoms with E-state index in [9.17, 15) is 9.18 Å². The summed E-state index contributed by atoms with van der Waals surface area (Å²) < 4.78 is 14.6. The van der Waals surface area contributed by atoms with Crippen LogP contribution >= 0.6 is 11.6 Å². The molecule has 7 heteroatoms. The van der Waals surface area contributed by atoms with Crippen molar-refractivity contribution in [3.05, 3.63) is 82.4 Å². The number of hydrogen-bond acceptors (Lipinski definition) is 3. The largest absolute Gasteiger partial charge is 0.351 e. The molecule has 0 saturated carbocycles. The van der Waals surface area contributed by atoms with E-state index < -0.39 is 0 Å². The zero-order valence-corrected chi connectivity index (χ0v) is 16.6. The van der Waals surface area contributed by atoms with Gasteiger partial charge in [0.05, 0.1) is 16.9 Å². The Morgan fingerprint density at radius 3 is 2.54 bits per heavy atom. The topological polar surface area (TPSA) is 50.2 Å². The van der Waals surface area contributed by atoms with Crippen molar-refractivity contribution in [1.29, 1.82) is 0 Å². The van der Waals surface area contributed by atoms with Gasteiger partial charge >= 0.3 is 0 Å². The number of likely N-dealkylation sites (N-methyl/N-ethyl adjacent to an activating group) is 1. The third-order valence-electron chi connectivity index (χ3n) is 4.38. The molecule has 0 atom stereocenters. The minimum absolute atomic E-state index is 0.208. The second kappa shape index (κ2) is 8.99. The maximum Gasteiger partial charge on any atom is 0.256 e. The molecule has 0 saturated heterocycles. The number of rotatable bonds is 7. The Morgan fingerprint density at radius 1 is 1.18 bits per heavy atom. The van der Waals surface area contributed by atoms with Gasteiger partial charge in [-0.05, 0) is 43.8 Å². The van der Waals surface area contributed by atoms with E-state index in [-0.39, 0.29) is 16.9 Å². The van der Waals surface area contributed by atoms with E-state index in [4.69, 9.17) is 11.6 Å². The Kier molecular flexibility index (Phi) is 6.44. The molecule has 0 unspecified atom stereocenters. The first-order valence-corrected chi connectivity index (χ1v) is 9.35. The number of carbonyl (C=O) groups is 1. The number of amides is 1. The third-order valence-corrected chi connectivity index (χ3v) is 4.73. The van der Waals surface area contributed by atoms with Gasteiger partial charge in [0.1, 0.15) is 11.0 Å². The molecule has 1 heterocycles. The Morgan fingerprint density at radius 2 is 1.86 bits per heavy atom. The molecule has 3 rings (SSSR count). The molecule has 3 aromatic rings. The van der Waals surface area contributed by atoms with Crippen LogP contribution in [0.1, 0.15) is 21.6 Å². The molecule has 0 spiro atoms. The summed E-state index contributed by atoms with van der Waals surface area (Å²) in [5.74, 6) is -0.620. The third kappa shape index (κ3) is 4.77. The molecular weight excluding hydrogens is 379 g/mol. The predicted octanol–water partition coefficient (Wildman–Crippen LogP) is 3.84. The van der Waals surface area contributed by atoms with Crippen molar-refractivity contribution in [1.82, 2.24) is 20.0 Å². The van der Waals surface area contributed by atoms with Crippen LogP contribution in [0.2, 0.25) is 5.15 Å². The van der Waals surface area contributed by atoms with E-state index in [1.807, 2.05) is 25.2 Å². The number of carbonyl (C=O) groups excluding carboxylic acids is 1. The van der Waals surface area contributed by atoms with Crippen molar-refractivity contribution in [2.45, 2.75) is 13.5 Å². The van der Waals surface area contributed by atoms with Gasteiger partial charge in [0.15, 0.2) is 0 Å². The molecule has 146 valence electrons. The molecule has 0 aliphatic rings. The Balaban J connectivity index is 1.61. The van der Waals surface area contributed by atoms with Crippen molar-refractivity contribution in [3.8, 4) is 5.69 Å². The van der Waals surface area contributed by atoms with Crippen LogP contribution in [0, 0.1) is 12.7 Å². The second-order valence-electron chi connectivity index (χ2n) is 6.62. The lowest BCUT2D eigenvalue weighted by Gasteiger charge is -2.17. The van der Waals surface area contributed by atoms with Gasteiger partial charge in [-0.15, -0.1) is 0 Å². The maximum atomic E-state index is 13.1. The lowest BCUT2D eigenvalue weighted by Crippen LogP contribution is -2.33. The molecule has 28 heavy (non-hydrogen) atoms. The Bertz CT molecular complexity index is 941. The zero-order chi connectivity index (χ0) is 20.1. The van der Waals surface area contributed by atoms with Gasteiger partial charge in [-0.3, -0.25) is 4.79 Å². The number of benzene rings is 2. The molecule has 1 amide bonds. The number of aryl methyl sites for hydroxylation is 1. The highest BCUT2D eigenvalue weighted by Gasteiger charge is 2.21. The standard InChI is InChI=1S/C21H22ClFN4O/c1-15-19(20(22)27(25-15)18-10-8-17(23)9-11-18)21(28)24-12-13-26(2)14-16-6-4-3-5-7-16/h3-11H,12-14H2,1-2H3,(H,24,28). The fourth-order valence-corrected chi connectivity index (χ4v) is 3.29. The molecule has 1 N–H and O–H groups in total. The number of nitrogens with zero attached hydrogens (tertiary/aromatic N) is 3. The summed E-state index contributed by atoms with van der Waals surface area (Å²) in [6.45, 7) is 3.71. The molecule has 0 bridgehead atoms. The highest BCUT2D eigenvalue weighted by Crippen LogP contribution is 2.23. The molecule has 5 nitrogen and oxygen atoms in total. The van der Waals surface area contributed by atoms with Gasteiger partial charge in [0.25, 0.3) is 5.91 Å². The smallest absolute Gasteiger partial charge is 0.256 e. The SMILES string of the molecule is Cc1nn(-c2ccc(F)cc2)c(Cl)c1C(=O)NCCN(C)Cc1ccccc1. The second-order valence-corrected chi connectivity index (χ2v) is 6.98. The summed E-state index contributed by atoms with van der Waals surface area (Å²) in [4.78, 5) is 14.7. The molecule has 0 aliphatic carbocycles. The normalized spacial score (nSPS) is 11.0. The van der Waals surface area contributed by atoms with Crippen molar-refractivity contribution >= 4 is 17.5 Å². The van der Waals surface area contributed by atoms with Crippen molar-refractivity contribution in [2.24, 2.45) is 0 Å². The zero-order valence-electron chi connectivity index (χ0n) is 15.8. The highest BCUT2D eigenvalue weighted by atomic mass is 35.5. The monoisotopic (exact) mass is 400 g/mol. The van der Waals surface area contributed by atoms with Gasteiger partial charge < -0.3 is 10.2 Å². The predicted molar refractivity (Wildman–Crippen MR) is 108 cm³/mol. The lowest BCUT2D eigenvalue weighted by atomic mass is 10.2. The van der Waals surface area contributed by atoms with Gasteiger partial charge in [-0.25, -0.2) is 9.07 Å². The molecule has 0 radical (unpaired) electrons. The van der Waals surface area contributed by atoms with Crippen LogP contribution in [0.3, 0.4) is 0 Å². The summed E-state index contributed by atoms with van der Waals surface area (Å²) in [6.07, 6.45) is 0. The van der Waals surface area contributed by atoms with Gasteiger partial charge in [0.2, 0.25) is 0 Å². The van der Waals surface area contributed by atoms with E-state index in [1.54, 1.807) is 19.1 Å². The Labute approximate surface area is 168 Å². The van der Waals surface area contributed by atoms with E-state index in [0.29, 0.717) is 30.0 Å². The molecule has 1 aromatic heterocycles. The van der Waals surface area contributed by atoms with E-state index in [2.05, 4.69) is 27.4 Å². The summed E-state index contributed by atoms with van der Waals surface area (Å²) in [5, 5.41) is 7.42. The fraction of sp³-hybridized carbons (Fsp3) is 0.238. The number of nitrogens with one attached hydrogen (secondary N) is 1. The van der Waals surface area contributed by atoms with E-state index in [0.717, 1.165) is 6.54 Å². The average Bonchev–Trinajstić information content (AvgIpc) is 2.97. The summed E-state index contributed by atoms with van der Waals surface area (Å²) in [7, 11) is 2.00. The van der Waals surface area contributed by atoms with E-state index >= 15 is 0 Å². The lowest BCUT2D eigenvalue weighted by molar-refractivity contribution is 0.0949. The van der Waals surface area contributed by atoms with Gasteiger partial charge in [0, 0.05) is 19.6 Å². The summed E-state index contributed by atoms with van der Waals surface area (Å²) in [5.41, 5.74) is 2.66. The molecule has 2 aromatic carbocycles. The van der Waals surface area contributed by atoms with Crippen LogP contribution in [0.5, 0.6) is 0 Å². The summed E-state index contributed by atoms with van der Waals surface area (Å²) >= 11 is 6.38. The minimum Gasteiger partial charge on any atom is -0.351 e. The molecular formula is C21H22ClFN4O. The highest BCUT2D eigenvalue weighted by molar-refractivity contribution is 6.33. The van der Waals surface area contributed by atoms with Crippen molar-refractivity contribution < 1.29 is 9.18 Å². The van der Waals surface area contributed by atoms with Crippen molar-refractivity contribution in [3.63, 3.8) is 0 Å². The first kappa shape index (κ1) is 20.0. The first-order chi connectivity index (χ1) is 13.5. The molecule has 0 fully saturated rings. The van der Waals surface area contributed by atoms with Crippen LogP contribution in [0.4, 0.5) is 4.39 Å². The van der Waals surface area contributed by atoms with Crippen LogP contribution in [0.15, 0.2) is 54.6 Å². The average molecular weight is 401 g/mol. The minimum atomic E-state index is -0.346. The van der Waals surface area contributed by atoms with Crippen LogP contribution in [-0.2, 0) is 6.54 Å². The van der Waals surface area contributed by atoms with Crippen LogP contribution in [0.25, 0.3) is 5.69 Å². The number of aromatic nitrogens is 2. The van der Waals surface area contributed by atoms with Gasteiger partial charge in [-0.2, -0.15) is 5.10 Å². The van der Waals surface area contributed by atoms with Crippen LogP contribution in [-0.4, -0.2) is 40.7 Å². The Hall–Kier alpha value is -2.70. The first-order valence-electron chi connectivity index (χ1n) is 8.97. The van der Waals surface area contributed by atoms with Crippen LogP contribution < -0.4 is 5.32 Å². The maximum absolute atomic E-state index is 13.1.